The van der Waals surface area contributed by atoms with Gasteiger partial charge in [0.1, 0.15) is 11.6 Å². The molecule has 2 heterocycles. The predicted octanol–water partition coefficient (Wildman–Crippen LogP) is 2.82. The van der Waals surface area contributed by atoms with Crippen molar-refractivity contribution < 1.29 is 4.74 Å². The molecule has 3 heteroatoms. The van der Waals surface area contributed by atoms with Crippen LogP contribution in [0.2, 0.25) is 0 Å². The van der Waals surface area contributed by atoms with E-state index in [0.717, 1.165) is 6.61 Å². The first-order chi connectivity index (χ1) is 6.45. The second-order valence-corrected chi connectivity index (χ2v) is 4.62. The molecule has 1 aliphatic carbocycles. The summed E-state index contributed by atoms with van der Waals surface area (Å²) in [7, 11) is 0. The normalized spacial score (nSPS) is 19.1. The van der Waals surface area contributed by atoms with E-state index in [0.29, 0.717) is 0 Å². The summed E-state index contributed by atoms with van der Waals surface area (Å²) in [5, 5.41) is 1.19. The van der Waals surface area contributed by atoms with E-state index in [1.807, 2.05) is 11.3 Å². The fourth-order valence-corrected chi connectivity index (χ4v) is 3.31. The van der Waals surface area contributed by atoms with E-state index in [1.165, 1.54) is 36.2 Å². The maximum atomic E-state index is 5.24. The lowest BCUT2D eigenvalue weighted by Gasteiger charge is -2.13. The van der Waals surface area contributed by atoms with Gasteiger partial charge in [-0.1, -0.05) is 0 Å². The maximum Gasteiger partial charge on any atom is 0.175 e. The van der Waals surface area contributed by atoms with E-state index in [1.54, 1.807) is 16.8 Å². The Hall–Kier alpha value is -0.830. The van der Waals surface area contributed by atoms with Crippen molar-refractivity contribution in [3.63, 3.8) is 0 Å². The Labute approximate surface area is 81.3 Å². The van der Waals surface area contributed by atoms with Crippen LogP contribution in [0.3, 0.4) is 0 Å². The summed E-state index contributed by atoms with van der Waals surface area (Å²) >= 11 is 1.86. The highest BCUT2D eigenvalue weighted by atomic mass is 32.1. The van der Waals surface area contributed by atoms with E-state index >= 15 is 0 Å². The summed E-state index contributed by atoms with van der Waals surface area (Å²) in [4.78, 5) is 5.82. The van der Waals surface area contributed by atoms with Crippen LogP contribution in [-0.4, -0.2) is 6.40 Å². The van der Waals surface area contributed by atoms with Gasteiger partial charge in [-0.05, 0) is 31.2 Å². The number of nitrogens with zero attached hydrogens (tertiary/aromatic N) is 1. The molecule has 2 aliphatic rings. The number of fused-ring (bicyclic) bond motifs is 3. The molecule has 0 amide bonds. The van der Waals surface area contributed by atoms with Gasteiger partial charge in [0.2, 0.25) is 0 Å². The van der Waals surface area contributed by atoms with E-state index in [-0.39, 0.29) is 0 Å². The summed E-state index contributed by atoms with van der Waals surface area (Å²) in [5.74, 6) is 0. The molecule has 1 aromatic rings. The molecule has 2 nitrogen and oxygen atoms in total. The summed E-state index contributed by atoms with van der Waals surface area (Å²) in [6.45, 7) is 0.741. The Bertz CT molecular complexity index is 367. The van der Waals surface area contributed by atoms with Gasteiger partial charge in [-0.3, -0.25) is 0 Å². The summed E-state index contributed by atoms with van der Waals surface area (Å²) < 4.78 is 5.24. The number of aliphatic imine (C=N–C) groups is 1. The average Bonchev–Trinajstić information content (AvgIpc) is 2.56. The van der Waals surface area contributed by atoms with Gasteiger partial charge in [-0.25, -0.2) is 4.99 Å². The van der Waals surface area contributed by atoms with Gasteiger partial charge in [0, 0.05) is 10.4 Å². The van der Waals surface area contributed by atoms with Crippen LogP contribution in [0, 0.1) is 0 Å². The zero-order valence-electron chi connectivity index (χ0n) is 7.38. The molecule has 1 aromatic heterocycles. The van der Waals surface area contributed by atoms with Gasteiger partial charge in [0.15, 0.2) is 6.40 Å². The summed E-state index contributed by atoms with van der Waals surface area (Å²) in [5.41, 5.74) is 2.91. The van der Waals surface area contributed by atoms with Gasteiger partial charge in [-0.15, -0.1) is 11.3 Å². The SMILES string of the molecule is C1=Nc2sc3c(c2CO1)CCCC3. The van der Waals surface area contributed by atoms with Crippen LogP contribution in [-0.2, 0) is 24.2 Å². The fraction of sp³-hybridized carbons (Fsp3) is 0.500. The lowest BCUT2D eigenvalue weighted by Crippen LogP contribution is -2.03. The first kappa shape index (κ1) is 7.56. The first-order valence-corrected chi connectivity index (χ1v) is 5.54. The molecular formula is C10H11NOS. The van der Waals surface area contributed by atoms with Gasteiger partial charge in [0.05, 0.1) is 0 Å². The first-order valence-electron chi connectivity index (χ1n) is 4.73. The van der Waals surface area contributed by atoms with Crippen LogP contribution in [0.1, 0.15) is 28.8 Å². The molecule has 0 unspecified atom stereocenters. The highest BCUT2D eigenvalue weighted by Crippen LogP contribution is 2.41. The monoisotopic (exact) mass is 193 g/mol. The standard InChI is InChI=1S/C10H11NOS/c1-2-4-9-7(3-1)8-5-12-6-11-10(8)13-9/h6H,1-5H2. The minimum Gasteiger partial charge on any atom is -0.478 e. The summed E-state index contributed by atoms with van der Waals surface area (Å²) in [6.07, 6.45) is 6.74. The van der Waals surface area contributed by atoms with Crippen molar-refractivity contribution >= 4 is 22.7 Å². The zero-order chi connectivity index (χ0) is 8.67. The Morgan fingerprint density at radius 1 is 1.23 bits per heavy atom. The number of ether oxygens (including phenoxy) is 1. The van der Waals surface area contributed by atoms with Gasteiger partial charge >= 0.3 is 0 Å². The largest absolute Gasteiger partial charge is 0.478 e. The quantitative estimate of drug-likeness (QED) is 0.621. The number of hydrogen-bond donors (Lipinski definition) is 0. The minimum atomic E-state index is 0.741. The highest BCUT2D eigenvalue weighted by Gasteiger charge is 2.21. The van der Waals surface area contributed by atoms with Crippen molar-refractivity contribution in [3.05, 3.63) is 16.0 Å². The molecule has 3 rings (SSSR count). The molecule has 1 aliphatic heterocycles. The van der Waals surface area contributed by atoms with Crippen molar-refractivity contribution in [2.24, 2.45) is 4.99 Å². The minimum absolute atomic E-state index is 0.741. The number of rotatable bonds is 0. The molecule has 0 spiro atoms. The summed E-state index contributed by atoms with van der Waals surface area (Å²) in [6, 6.07) is 0. The van der Waals surface area contributed by atoms with E-state index < -0.39 is 0 Å². The topological polar surface area (TPSA) is 21.6 Å². The second-order valence-electron chi connectivity index (χ2n) is 3.54. The Morgan fingerprint density at radius 2 is 2.15 bits per heavy atom. The third-order valence-corrected chi connectivity index (χ3v) is 3.97. The molecule has 0 aromatic carbocycles. The molecule has 0 fully saturated rings. The molecule has 0 radical (unpaired) electrons. The Morgan fingerprint density at radius 3 is 3.15 bits per heavy atom. The Kier molecular flexibility index (Phi) is 1.65. The van der Waals surface area contributed by atoms with Crippen molar-refractivity contribution in [1.82, 2.24) is 0 Å². The van der Waals surface area contributed by atoms with Gasteiger partial charge in [-0.2, -0.15) is 0 Å². The van der Waals surface area contributed by atoms with Crippen LogP contribution in [0.15, 0.2) is 4.99 Å². The van der Waals surface area contributed by atoms with E-state index in [9.17, 15) is 0 Å². The average molecular weight is 193 g/mol. The third kappa shape index (κ3) is 1.10. The van der Waals surface area contributed by atoms with Crippen LogP contribution in [0.25, 0.3) is 0 Å². The van der Waals surface area contributed by atoms with Gasteiger partial charge < -0.3 is 4.74 Å². The molecule has 68 valence electrons. The lowest BCUT2D eigenvalue weighted by molar-refractivity contribution is 0.302. The number of hydrogen-bond acceptors (Lipinski definition) is 3. The molecule has 0 saturated carbocycles. The van der Waals surface area contributed by atoms with Crippen LogP contribution in [0.5, 0.6) is 0 Å². The van der Waals surface area contributed by atoms with Crippen molar-refractivity contribution in [1.29, 1.82) is 0 Å². The molecule has 0 N–H and O–H groups in total. The molecule has 0 bridgehead atoms. The van der Waals surface area contributed by atoms with Gasteiger partial charge in [0.25, 0.3) is 0 Å². The van der Waals surface area contributed by atoms with Crippen LogP contribution in [0.4, 0.5) is 5.00 Å². The van der Waals surface area contributed by atoms with E-state index in [4.69, 9.17) is 4.74 Å². The molecular weight excluding hydrogens is 182 g/mol. The lowest BCUT2D eigenvalue weighted by atomic mass is 9.96. The van der Waals surface area contributed by atoms with Crippen LogP contribution < -0.4 is 0 Å². The molecule has 0 atom stereocenters. The fourth-order valence-electron chi connectivity index (χ4n) is 2.08. The Balaban J connectivity index is 2.15. The zero-order valence-corrected chi connectivity index (χ0v) is 8.19. The smallest absolute Gasteiger partial charge is 0.175 e. The predicted molar refractivity (Wildman–Crippen MR) is 53.9 cm³/mol. The van der Waals surface area contributed by atoms with Crippen molar-refractivity contribution in [2.45, 2.75) is 32.3 Å². The highest BCUT2D eigenvalue weighted by molar-refractivity contribution is 7.16. The number of aryl methyl sites for hydroxylation is 1. The second kappa shape index (κ2) is 2.84. The molecule has 0 saturated heterocycles. The van der Waals surface area contributed by atoms with Crippen molar-refractivity contribution in [3.8, 4) is 0 Å². The third-order valence-electron chi connectivity index (χ3n) is 2.73. The van der Waals surface area contributed by atoms with Crippen molar-refractivity contribution in [2.75, 3.05) is 0 Å². The van der Waals surface area contributed by atoms with Crippen LogP contribution >= 0.6 is 11.3 Å². The number of thiophene rings is 1. The van der Waals surface area contributed by atoms with E-state index in [2.05, 4.69) is 4.99 Å². The maximum absolute atomic E-state index is 5.24. The molecule has 13 heavy (non-hydrogen) atoms.